The maximum atomic E-state index is 12.4. The van der Waals surface area contributed by atoms with Gasteiger partial charge in [-0.2, -0.15) is 8.42 Å². The molecule has 0 atom stereocenters. The lowest BCUT2D eigenvalue weighted by molar-refractivity contribution is 0.596. The van der Waals surface area contributed by atoms with E-state index in [4.69, 9.17) is 0 Å². The molecular weight excluding hydrogens is 328 g/mol. The molecule has 1 aromatic heterocycles. The van der Waals surface area contributed by atoms with Crippen molar-refractivity contribution in [3.63, 3.8) is 0 Å². The number of nitrogens with zero attached hydrogens (tertiary/aromatic N) is 2. The van der Waals surface area contributed by atoms with Crippen LogP contribution in [0.15, 0.2) is 57.8 Å². The maximum absolute atomic E-state index is 12.4. The van der Waals surface area contributed by atoms with Gasteiger partial charge >= 0.3 is 0 Å². The van der Waals surface area contributed by atoms with E-state index < -0.39 is 10.0 Å². The first-order valence-corrected chi connectivity index (χ1v) is 9.59. The summed E-state index contributed by atoms with van der Waals surface area (Å²) in [5, 5.41) is 0. The highest BCUT2D eigenvalue weighted by atomic mass is 32.2. The molecule has 0 N–H and O–H groups in total. The van der Waals surface area contributed by atoms with E-state index in [2.05, 4.69) is 30.4 Å². The van der Waals surface area contributed by atoms with Gasteiger partial charge in [0.15, 0.2) is 0 Å². The van der Waals surface area contributed by atoms with E-state index in [0.29, 0.717) is 10.7 Å². The van der Waals surface area contributed by atoms with Crippen LogP contribution < -0.4 is 4.80 Å². The van der Waals surface area contributed by atoms with Gasteiger partial charge < -0.3 is 4.57 Å². The molecule has 0 bridgehead atoms. The fraction of sp³-hybridized carbons (Fsp3) is 0.235. The molecule has 0 spiro atoms. The maximum Gasteiger partial charge on any atom is 0.285 e. The van der Waals surface area contributed by atoms with Crippen LogP contribution in [0, 0.1) is 0 Å². The van der Waals surface area contributed by atoms with Crippen LogP contribution in [0.5, 0.6) is 0 Å². The largest absolute Gasteiger partial charge is 0.319 e. The van der Waals surface area contributed by atoms with Gasteiger partial charge in [-0.1, -0.05) is 49.4 Å². The highest BCUT2D eigenvalue weighted by molar-refractivity contribution is 7.90. The monoisotopic (exact) mass is 346 g/mol. The summed E-state index contributed by atoms with van der Waals surface area (Å²) in [6.45, 7) is 4.28. The van der Waals surface area contributed by atoms with Gasteiger partial charge in [-0.3, -0.25) is 0 Å². The number of aryl methyl sites for hydroxylation is 1. The van der Waals surface area contributed by atoms with Gasteiger partial charge in [0, 0.05) is 7.05 Å². The zero-order valence-corrected chi connectivity index (χ0v) is 14.9. The number of hydrogen-bond acceptors (Lipinski definition) is 3. The fourth-order valence-electron chi connectivity index (χ4n) is 2.35. The summed E-state index contributed by atoms with van der Waals surface area (Å²) in [6, 6.07) is 14.5. The molecule has 6 heteroatoms. The first kappa shape index (κ1) is 16.0. The van der Waals surface area contributed by atoms with Gasteiger partial charge in [-0.05, 0) is 35.7 Å². The zero-order valence-electron chi connectivity index (χ0n) is 13.2. The van der Waals surface area contributed by atoms with Crippen molar-refractivity contribution in [1.82, 2.24) is 4.57 Å². The lowest BCUT2D eigenvalue weighted by atomic mass is 10.0. The number of sulfonamides is 1. The van der Waals surface area contributed by atoms with Crippen LogP contribution in [0.3, 0.4) is 0 Å². The molecule has 4 nitrogen and oxygen atoms in total. The second-order valence-corrected chi connectivity index (χ2v) is 8.32. The average molecular weight is 346 g/mol. The first-order valence-electron chi connectivity index (χ1n) is 7.34. The molecule has 0 fully saturated rings. The summed E-state index contributed by atoms with van der Waals surface area (Å²) in [6.07, 6.45) is 0. The Morgan fingerprint density at radius 1 is 1.09 bits per heavy atom. The second kappa shape index (κ2) is 5.94. The number of fused-ring (bicyclic) bond motifs is 1. The normalized spacial score (nSPS) is 13.1. The molecule has 0 unspecified atom stereocenters. The predicted molar refractivity (Wildman–Crippen MR) is 94.1 cm³/mol. The van der Waals surface area contributed by atoms with Crippen LogP contribution >= 0.6 is 11.3 Å². The number of rotatable bonds is 3. The van der Waals surface area contributed by atoms with Crippen molar-refractivity contribution < 1.29 is 8.42 Å². The molecular formula is C17H18N2O2S2. The van der Waals surface area contributed by atoms with Gasteiger partial charge in [-0.25, -0.2) is 0 Å². The van der Waals surface area contributed by atoms with E-state index in [-0.39, 0.29) is 4.90 Å². The summed E-state index contributed by atoms with van der Waals surface area (Å²) in [7, 11) is -1.85. The van der Waals surface area contributed by atoms with Crippen molar-refractivity contribution in [2.24, 2.45) is 11.4 Å². The molecule has 3 aromatic rings. The zero-order chi connectivity index (χ0) is 16.6. The minimum absolute atomic E-state index is 0.209. The van der Waals surface area contributed by atoms with E-state index in [1.54, 1.807) is 30.3 Å². The average Bonchev–Trinajstić information content (AvgIpc) is 2.83. The third-order valence-electron chi connectivity index (χ3n) is 3.74. The first-order chi connectivity index (χ1) is 10.9. The Hall–Kier alpha value is -1.92. The van der Waals surface area contributed by atoms with E-state index in [9.17, 15) is 8.42 Å². The molecule has 0 aliphatic rings. The molecule has 0 saturated carbocycles. The Labute approximate surface area is 139 Å². The fourth-order valence-corrected chi connectivity index (χ4v) is 4.66. The minimum Gasteiger partial charge on any atom is -0.319 e. The molecule has 0 aliphatic carbocycles. The molecule has 23 heavy (non-hydrogen) atoms. The van der Waals surface area contributed by atoms with Crippen molar-refractivity contribution in [3.05, 3.63) is 58.9 Å². The Balaban J connectivity index is 2.18. The smallest absolute Gasteiger partial charge is 0.285 e. The third kappa shape index (κ3) is 3.09. The standard InChI is InChI=1S/C17H18N2O2S2/c1-12(2)13-9-10-15-16(11-13)22-17(19(15)3)18-23(20,21)14-7-5-4-6-8-14/h4-12H,1-3H3/b18-17-. The second-order valence-electron chi connectivity index (χ2n) is 5.70. The van der Waals surface area contributed by atoms with Crippen LogP contribution in [0.2, 0.25) is 0 Å². The third-order valence-corrected chi connectivity index (χ3v) is 6.23. The molecule has 0 saturated heterocycles. The number of thiazole rings is 1. The molecule has 3 rings (SSSR count). The molecule has 0 radical (unpaired) electrons. The number of benzene rings is 2. The van der Waals surface area contributed by atoms with E-state index >= 15 is 0 Å². The lowest BCUT2D eigenvalue weighted by Gasteiger charge is -2.04. The Kier molecular flexibility index (Phi) is 4.12. The molecule has 120 valence electrons. The molecule has 1 heterocycles. The summed E-state index contributed by atoms with van der Waals surface area (Å²) < 4.78 is 31.8. The SMILES string of the molecule is CC(C)c1ccc2c(c1)s/c(=N\S(=O)(=O)c1ccccc1)n2C. The summed E-state index contributed by atoms with van der Waals surface area (Å²) >= 11 is 1.39. The Bertz CT molecular complexity index is 1010. The van der Waals surface area contributed by atoms with Crippen molar-refractivity contribution in [1.29, 1.82) is 0 Å². The quantitative estimate of drug-likeness (QED) is 0.727. The summed E-state index contributed by atoms with van der Waals surface area (Å²) in [4.78, 5) is 0.685. The molecule has 0 amide bonds. The van der Waals surface area contributed by atoms with E-state index in [1.807, 2.05) is 17.7 Å². The van der Waals surface area contributed by atoms with Crippen molar-refractivity contribution in [3.8, 4) is 0 Å². The van der Waals surface area contributed by atoms with E-state index in [0.717, 1.165) is 10.2 Å². The van der Waals surface area contributed by atoms with Crippen LogP contribution in [0.4, 0.5) is 0 Å². The van der Waals surface area contributed by atoms with Gasteiger partial charge in [0.1, 0.15) is 0 Å². The van der Waals surface area contributed by atoms with E-state index in [1.165, 1.54) is 16.9 Å². The number of aromatic nitrogens is 1. The Morgan fingerprint density at radius 2 is 1.78 bits per heavy atom. The highest BCUT2D eigenvalue weighted by Crippen LogP contribution is 2.23. The number of hydrogen-bond donors (Lipinski definition) is 0. The van der Waals surface area contributed by atoms with Crippen molar-refractivity contribution in [2.45, 2.75) is 24.7 Å². The van der Waals surface area contributed by atoms with Crippen molar-refractivity contribution in [2.75, 3.05) is 0 Å². The van der Waals surface area contributed by atoms with Gasteiger partial charge in [-0.15, -0.1) is 4.40 Å². The van der Waals surface area contributed by atoms with Crippen LogP contribution in [0.25, 0.3) is 10.2 Å². The van der Waals surface area contributed by atoms with Gasteiger partial charge in [0.2, 0.25) is 4.80 Å². The van der Waals surface area contributed by atoms with Crippen LogP contribution in [-0.2, 0) is 17.1 Å². The lowest BCUT2D eigenvalue weighted by Crippen LogP contribution is -2.13. The molecule has 0 aliphatic heterocycles. The van der Waals surface area contributed by atoms with Crippen LogP contribution in [0.1, 0.15) is 25.3 Å². The van der Waals surface area contributed by atoms with Gasteiger partial charge in [0.25, 0.3) is 10.0 Å². The summed E-state index contributed by atoms with van der Waals surface area (Å²) in [5.74, 6) is 0.431. The van der Waals surface area contributed by atoms with Crippen molar-refractivity contribution >= 4 is 31.6 Å². The highest BCUT2D eigenvalue weighted by Gasteiger charge is 2.13. The Morgan fingerprint density at radius 3 is 2.43 bits per heavy atom. The predicted octanol–water partition coefficient (Wildman–Crippen LogP) is 3.65. The molecule has 2 aromatic carbocycles. The topological polar surface area (TPSA) is 51.4 Å². The van der Waals surface area contributed by atoms with Crippen LogP contribution in [-0.4, -0.2) is 13.0 Å². The minimum atomic E-state index is -3.70. The summed E-state index contributed by atoms with van der Waals surface area (Å²) in [5.41, 5.74) is 2.22. The van der Waals surface area contributed by atoms with Gasteiger partial charge in [0.05, 0.1) is 15.1 Å².